The first-order chi connectivity index (χ1) is 12.3. The van der Waals surface area contributed by atoms with Crippen LogP contribution in [0.3, 0.4) is 0 Å². The molecule has 0 fully saturated rings. The maximum atomic E-state index is 12.2. The number of esters is 1. The summed E-state index contributed by atoms with van der Waals surface area (Å²) in [6.07, 6.45) is -0.794. The molecule has 0 spiro atoms. The summed E-state index contributed by atoms with van der Waals surface area (Å²) < 4.78 is 10.7. The average Bonchev–Trinajstić information content (AvgIpc) is 2.57. The summed E-state index contributed by atoms with van der Waals surface area (Å²) in [5.74, 6) is -0.121. The average molecular weight is 355 g/mol. The zero-order chi connectivity index (χ0) is 19.1. The lowest BCUT2D eigenvalue weighted by molar-refractivity contribution is -0.153. The monoisotopic (exact) mass is 355 g/mol. The van der Waals surface area contributed by atoms with E-state index in [2.05, 4.69) is 5.32 Å². The normalized spacial score (nSPS) is 11.5. The van der Waals surface area contributed by atoms with Gasteiger partial charge >= 0.3 is 5.97 Å². The van der Waals surface area contributed by atoms with Gasteiger partial charge in [-0.2, -0.15) is 0 Å². The van der Waals surface area contributed by atoms with Gasteiger partial charge in [-0.15, -0.1) is 0 Å². The van der Waals surface area contributed by atoms with E-state index in [9.17, 15) is 9.59 Å². The van der Waals surface area contributed by atoms with Gasteiger partial charge in [0, 0.05) is 5.69 Å². The van der Waals surface area contributed by atoms with Crippen LogP contribution in [-0.4, -0.2) is 24.6 Å². The van der Waals surface area contributed by atoms with Crippen molar-refractivity contribution in [3.8, 4) is 5.75 Å². The fourth-order valence-corrected chi connectivity index (χ4v) is 2.46. The number of hydrogen-bond donors (Lipinski definition) is 1. The second-order valence-electron chi connectivity index (χ2n) is 6.35. The largest absolute Gasteiger partial charge is 0.493 e. The Kier molecular flexibility index (Phi) is 6.78. The van der Waals surface area contributed by atoms with E-state index in [1.165, 1.54) is 0 Å². The van der Waals surface area contributed by atoms with Gasteiger partial charge in [-0.1, -0.05) is 29.8 Å². The van der Waals surface area contributed by atoms with Crippen LogP contribution < -0.4 is 10.1 Å². The number of hydrogen-bond acceptors (Lipinski definition) is 4. The van der Waals surface area contributed by atoms with Gasteiger partial charge in [0.2, 0.25) is 0 Å². The van der Waals surface area contributed by atoms with E-state index in [0.29, 0.717) is 11.4 Å². The third-order valence-corrected chi connectivity index (χ3v) is 3.88. The molecule has 0 saturated heterocycles. The number of nitrogens with one attached hydrogen (secondary N) is 1. The highest BCUT2D eigenvalue weighted by molar-refractivity contribution is 5.95. The highest BCUT2D eigenvalue weighted by Gasteiger charge is 2.18. The molecular formula is C21H25NO4. The first kappa shape index (κ1) is 19.5. The van der Waals surface area contributed by atoms with Crippen LogP contribution >= 0.6 is 0 Å². The molecule has 0 saturated carbocycles. The number of carbonyl (C=O) groups excluding carboxylic acids is 2. The van der Waals surface area contributed by atoms with Gasteiger partial charge in [0.15, 0.2) is 6.10 Å². The smallest absolute Gasteiger partial charge is 0.310 e. The lowest BCUT2D eigenvalue weighted by atomic mass is 10.1. The predicted octanol–water partition coefficient (Wildman–Crippen LogP) is 3.95. The van der Waals surface area contributed by atoms with Crippen molar-refractivity contribution in [1.29, 1.82) is 0 Å². The Bertz CT molecular complexity index is 785. The van der Waals surface area contributed by atoms with E-state index >= 15 is 0 Å². The minimum Gasteiger partial charge on any atom is -0.493 e. The maximum Gasteiger partial charge on any atom is 0.310 e. The molecule has 1 N–H and O–H groups in total. The molecule has 0 radical (unpaired) electrons. The van der Waals surface area contributed by atoms with Crippen molar-refractivity contribution in [2.45, 2.75) is 40.2 Å². The van der Waals surface area contributed by atoms with Gasteiger partial charge in [0.05, 0.1) is 13.0 Å². The predicted molar refractivity (Wildman–Crippen MR) is 101 cm³/mol. The summed E-state index contributed by atoms with van der Waals surface area (Å²) in [5, 5.41) is 2.78. The number of ether oxygens (including phenoxy) is 2. The Hall–Kier alpha value is -2.82. The Balaban J connectivity index is 1.77. The van der Waals surface area contributed by atoms with Crippen LogP contribution in [0.25, 0.3) is 0 Å². The van der Waals surface area contributed by atoms with E-state index in [1.807, 2.05) is 63.2 Å². The van der Waals surface area contributed by atoms with Gasteiger partial charge in [-0.05, 0) is 57.0 Å². The number of aryl methyl sites for hydroxylation is 3. The van der Waals surface area contributed by atoms with E-state index in [4.69, 9.17) is 9.47 Å². The van der Waals surface area contributed by atoms with E-state index in [1.54, 1.807) is 6.92 Å². The number of benzene rings is 2. The second kappa shape index (κ2) is 9.04. The summed E-state index contributed by atoms with van der Waals surface area (Å²) >= 11 is 0. The molecule has 2 rings (SSSR count). The number of rotatable bonds is 7. The lowest BCUT2D eigenvalue weighted by Crippen LogP contribution is -2.30. The molecule has 5 heteroatoms. The molecule has 2 aromatic carbocycles. The first-order valence-electron chi connectivity index (χ1n) is 8.62. The summed E-state index contributed by atoms with van der Waals surface area (Å²) in [4.78, 5) is 24.1. The molecule has 0 bridgehead atoms. The van der Waals surface area contributed by atoms with Crippen LogP contribution in [0.4, 0.5) is 5.69 Å². The van der Waals surface area contributed by atoms with E-state index < -0.39 is 12.1 Å². The Labute approximate surface area is 154 Å². The van der Waals surface area contributed by atoms with Crippen molar-refractivity contribution in [2.75, 3.05) is 11.9 Å². The third kappa shape index (κ3) is 5.92. The number of carbonyl (C=O) groups is 2. The van der Waals surface area contributed by atoms with Crippen molar-refractivity contribution in [3.63, 3.8) is 0 Å². The minimum atomic E-state index is -0.873. The second-order valence-corrected chi connectivity index (χ2v) is 6.35. The fourth-order valence-electron chi connectivity index (χ4n) is 2.46. The number of anilines is 1. The SMILES string of the molecule is Cc1cccc(OCCC(=O)O[C@H](C)C(=O)Nc2ccc(C)cc2C)c1. The summed E-state index contributed by atoms with van der Waals surface area (Å²) in [6, 6.07) is 13.3. The van der Waals surface area contributed by atoms with Gasteiger partial charge < -0.3 is 14.8 Å². The standard InChI is InChI=1S/C21H25NO4/c1-14-6-5-7-18(13-14)25-11-10-20(23)26-17(4)21(24)22-19-9-8-15(2)12-16(19)3/h5-9,12-13,17H,10-11H2,1-4H3,(H,22,24)/t17-/m1/s1. The van der Waals surface area contributed by atoms with Crippen LogP contribution in [0.2, 0.25) is 0 Å². The Morgan fingerprint density at radius 2 is 1.77 bits per heavy atom. The molecule has 26 heavy (non-hydrogen) atoms. The third-order valence-electron chi connectivity index (χ3n) is 3.88. The van der Waals surface area contributed by atoms with Crippen molar-refractivity contribution in [3.05, 3.63) is 59.2 Å². The van der Waals surface area contributed by atoms with Crippen LogP contribution in [-0.2, 0) is 14.3 Å². The molecule has 0 aliphatic rings. The molecule has 5 nitrogen and oxygen atoms in total. The lowest BCUT2D eigenvalue weighted by Gasteiger charge is -2.15. The number of amides is 1. The molecule has 0 heterocycles. The summed E-state index contributed by atoms with van der Waals surface area (Å²) in [7, 11) is 0. The van der Waals surface area contributed by atoms with Gasteiger partial charge in [-0.25, -0.2) is 0 Å². The van der Waals surface area contributed by atoms with E-state index in [-0.39, 0.29) is 18.9 Å². The van der Waals surface area contributed by atoms with Crippen molar-refractivity contribution in [2.24, 2.45) is 0 Å². The zero-order valence-electron chi connectivity index (χ0n) is 15.7. The van der Waals surface area contributed by atoms with Crippen molar-refractivity contribution in [1.82, 2.24) is 0 Å². The highest BCUT2D eigenvalue weighted by Crippen LogP contribution is 2.17. The maximum absolute atomic E-state index is 12.2. The molecule has 0 aliphatic heterocycles. The molecule has 0 unspecified atom stereocenters. The van der Waals surface area contributed by atoms with E-state index in [0.717, 1.165) is 16.7 Å². The molecule has 0 aromatic heterocycles. The zero-order valence-corrected chi connectivity index (χ0v) is 15.7. The Morgan fingerprint density at radius 3 is 2.46 bits per heavy atom. The molecular weight excluding hydrogens is 330 g/mol. The quantitative estimate of drug-likeness (QED) is 0.764. The minimum absolute atomic E-state index is 0.0785. The fraction of sp³-hybridized carbons (Fsp3) is 0.333. The Morgan fingerprint density at radius 1 is 1.04 bits per heavy atom. The molecule has 1 atom stereocenters. The van der Waals surface area contributed by atoms with Crippen molar-refractivity contribution >= 4 is 17.6 Å². The molecule has 0 aliphatic carbocycles. The molecule has 1 amide bonds. The van der Waals surface area contributed by atoms with Crippen molar-refractivity contribution < 1.29 is 19.1 Å². The van der Waals surface area contributed by atoms with Crippen LogP contribution in [0, 0.1) is 20.8 Å². The summed E-state index contributed by atoms with van der Waals surface area (Å²) in [5.41, 5.74) is 3.88. The van der Waals surface area contributed by atoms with Crippen LogP contribution in [0.15, 0.2) is 42.5 Å². The molecule has 2 aromatic rings. The molecule has 138 valence electrons. The summed E-state index contributed by atoms with van der Waals surface area (Å²) in [6.45, 7) is 7.63. The van der Waals surface area contributed by atoms with Crippen LogP contribution in [0.1, 0.15) is 30.0 Å². The highest BCUT2D eigenvalue weighted by atomic mass is 16.5. The van der Waals surface area contributed by atoms with Gasteiger partial charge in [0.1, 0.15) is 5.75 Å². The van der Waals surface area contributed by atoms with Crippen LogP contribution in [0.5, 0.6) is 5.75 Å². The van der Waals surface area contributed by atoms with Gasteiger partial charge in [0.25, 0.3) is 5.91 Å². The first-order valence-corrected chi connectivity index (χ1v) is 8.62. The topological polar surface area (TPSA) is 64.6 Å². The van der Waals surface area contributed by atoms with Gasteiger partial charge in [-0.3, -0.25) is 9.59 Å².